The fourth-order valence-corrected chi connectivity index (χ4v) is 2.71. The highest BCUT2D eigenvalue weighted by Gasteiger charge is 2.31. The summed E-state index contributed by atoms with van der Waals surface area (Å²) in [6.07, 6.45) is -4.85. The summed E-state index contributed by atoms with van der Waals surface area (Å²) in [4.78, 5) is -0.316. The summed E-state index contributed by atoms with van der Waals surface area (Å²) in [6.45, 7) is 2.04. The SMILES string of the molecule is CCOc1ccccc1OS(=O)(=O)c1ccc(OC(F)(F)F)cc1. The Morgan fingerprint density at radius 1 is 0.958 bits per heavy atom. The number of benzene rings is 2. The van der Waals surface area contributed by atoms with Crippen LogP contribution in [0.25, 0.3) is 0 Å². The van der Waals surface area contributed by atoms with E-state index in [1.807, 2.05) is 0 Å². The molecule has 0 unspecified atom stereocenters. The first-order valence-corrected chi connectivity index (χ1v) is 8.14. The predicted molar refractivity (Wildman–Crippen MR) is 78.5 cm³/mol. The van der Waals surface area contributed by atoms with Gasteiger partial charge in [-0.15, -0.1) is 13.2 Å². The lowest BCUT2D eigenvalue weighted by Gasteiger charge is -2.12. The molecule has 0 aliphatic heterocycles. The molecule has 0 amide bonds. The van der Waals surface area contributed by atoms with Gasteiger partial charge in [0.25, 0.3) is 0 Å². The largest absolute Gasteiger partial charge is 0.573 e. The van der Waals surface area contributed by atoms with Crippen molar-refractivity contribution in [2.75, 3.05) is 6.61 Å². The Morgan fingerprint density at radius 2 is 1.54 bits per heavy atom. The van der Waals surface area contributed by atoms with Gasteiger partial charge in [0, 0.05) is 0 Å². The highest BCUT2D eigenvalue weighted by molar-refractivity contribution is 7.87. The van der Waals surface area contributed by atoms with E-state index in [1.54, 1.807) is 19.1 Å². The van der Waals surface area contributed by atoms with E-state index in [0.29, 0.717) is 6.61 Å². The van der Waals surface area contributed by atoms with Crippen molar-refractivity contribution in [2.45, 2.75) is 18.2 Å². The number of para-hydroxylation sites is 2. The minimum absolute atomic E-state index is 0.0185. The second-order valence-electron chi connectivity index (χ2n) is 4.44. The van der Waals surface area contributed by atoms with E-state index in [2.05, 4.69) is 4.74 Å². The molecule has 0 aromatic heterocycles. The minimum atomic E-state index is -4.85. The van der Waals surface area contributed by atoms with Gasteiger partial charge >= 0.3 is 16.5 Å². The number of hydrogen-bond donors (Lipinski definition) is 0. The van der Waals surface area contributed by atoms with Crippen LogP contribution >= 0.6 is 0 Å². The average Bonchev–Trinajstić information content (AvgIpc) is 2.48. The van der Waals surface area contributed by atoms with Crippen LogP contribution in [0, 0.1) is 0 Å². The van der Waals surface area contributed by atoms with Crippen LogP contribution < -0.4 is 13.7 Å². The van der Waals surface area contributed by atoms with E-state index in [0.717, 1.165) is 24.3 Å². The molecule has 0 spiro atoms. The summed E-state index contributed by atoms with van der Waals surface area (Å²) in [5.74, 6) is -0.313. The van der Waals surface area contributed by atoms with E-state index in [4.69, 9.17) is 8.92 Å². The molecule has 0 aliphatic carbocycles. The molecule has 0 saturated carbocycles. The first-order valence-electron chi connectivity index (χ1n) is 6.73. The molecule has 2 aromatic carbocycles. The van der Waals surface area contributed by atoms with Crippen molar-refractivity contribution < 1.29 is 35.2 Å². The van der Waals surface area contributed by atoms with E-state index < -0.39 is 22.2 Å². The van der Waals surface area contributed by atoms with Crippen molar-refractivity contribution >= 4 is 10.1 Å². The highest BCUT2D eigenvalue weighted by atomic mass is 32.2. The fourth-order valence-electron chi connectivity index (χ4n) is 1.77. The monoisotopic (exact) mass is 362 g/mol. The molecule has 0 heterocycles. The minimum Gasteiger partial charge on any atom is -0.490 e. The van der Waals surface area contributed by atoms with Gasteiger partial charge in [0.1, 0.15) is 10.6 Å². The Kier molecular flexibility index (Phi) is 5.23. The average molecular weight is 362 g/mol. The summed E-state index contributed by atoms with van der Waals surface area (Å²) in [5, 5.41) is 0. The second kappa shape index (κ2) is 7.00. The molecule has 9 heteroatoms. The smallest absolute Gasteiger partial charge is 0.490 e. The molecule has 0 aliphatic rings. The number of hydrogen-bond acceptors (Lipinski definition) is 5. The zero-order valence-corrected chi connectivity index (χ0v) is 13.2. The third kappa shape index (κ3) is 4.79. The lowest BCUT2D eigenvalue weighted by Crippen LogP contribution is -2.17. The number of halogens is 3. The molecule has 0 saturated heterocycles. The van der Waals surface area contributed by atoms with E-state index in [9.17, 15) is 21.6 Å². The molecule has 0 fully saturated rings. The van der Waals surface area contributed by atoms with Crippen LogP contribution in [0.15, 0.2) is 53.4 Å². The normalized spacial score (nSPS) is 11.8. The summed E-state index contributed by atoms with van der Waals surface area (Å²) in [5.41, 5.74) is 0. The first kappa shape index (κ1) is 17.9. The standard InChI is InChI=1S/C15H13F3O5S/c1-2-21-13-5-3-4-6-14(13)23-24(19,20)12-9-7-11(8-10-12)22-15(16,17)18/h3-10H,2H2,1H3. The third-order valence-electron chi connectivity index (χ3n) is 2.69. The number of alkyl halides is 3. The molecule has 0 N–H and O–H groups in total. The molecular weight excluding hydrogens is 349 g/mol. The van der Waals surface area contributed by atoms with Crippen LogP contribution in [0.3, 0.4) is 0 Å². The zero-order chi connectivity index (χ0) is 17.8. The van der Waals surface area contributed by atoms with Gasteiger partial charge in [-0.2, -0.15) is 8.42 Å². The van der Waals surface area contributed by atoms with Crippen molar-refractivity contribution in [3.05, 3.63) is 48.5 Å². The molecule has 0 radical (unpaired) electrons. The molecule has 130 valence electrons. The number of ether oxygens (including phenoxy) is 2. The Bertz CT molecular complexity index is 786. The van der Waals surface area contributed by atoms with Gasteiger partial charge in [0.2, 0.25) is 0 Å². The van der Waals surface area contributed by atoms with E-state index >= 15 is 0 Å². The van der Waals surface area contributed by atoms with Gasteiger partial charge in [-0.3, -0.25) is 0 Å². The van der Waals surface area contributed by atoms with Gasteiger partial charge in [-0.1, -0.05) is 12.1 Å². The Balaban J connectivity index is 2.22. The molecule has 0 atom stereocenters. The van der Waals surface area contributed by atoms with Crippen LogP contribution in [0.1, 0.15) is 6.92 Å². The molecule has 2 aromatic rings. The van der Waals surface area contributed by atoms with Crippen molar-refractivity contribution in [3.63, 3.8) is 0 Å². The summed E-state index contributed by atoms with van der Waals surface area (Å²) in [6, 6.07) is 9.84. The van der Waals surface area contributed by atoms with Crippen LogP contribution in [-0.4, -0.2) is 21.4 Å². The van der Waals surface area contributed by atoms with Gasteiger partial charge in [-0.05, 0) is 43.3 Å². The third-order valence-corrected chi connectivity index (χ3v) is 3.94. The molecule has 5 nitrogen and oxygen atoms in total. The molecule has 0 bridgehead atoms. The van der Waals surface area contributed by atoms with Crippen molar-refractivity contribution in [1.82, 2.24) is 0 Å². The first-order chi connectivity index (χ1) is 11.2. The summed E-state index contributed by atoms with van der Waals surface area (Å²) >= 11 is 0. The fraction of sp³-hybridized carbons (Fsp3) is 0.200. The van der Waals surface area contributed by atoms with Crippen LogP contribution in [0.4, 0.5) is 13.2 Å². The Hall–Kier alpha value is -2.42. The van der Waals surface area contributed by atoms with Crippen molar-refractivity contribution in [3.8, 4) is 17.2 Å². The van der Waals surface area contributed by atoms with E-state index in [1.165, 1.54) is 12.1 Å². The van der Waals surface area contributed by atoms with Crippen LogP contribution in [-0.2, 0) is 10.1 Å². The van der Waals surface area contributed by atoms with Crippen molar-refractivity contribution in [2.24, 2.45) is 0 Å². The molecular formula is C15H13F3O5S. The Labute approximate surface area is 136 Å². The van der Waals surface area contributed by atoms with Gasteiger partial charge < -0.3 is 13.7 Å². The maximum Gasteiger partial charge on any atom is 0.573 e. The Morgan fingerprint density at radius 3 is 2.08 bits per heavy atom. The highest BCUT2D eigenvalue weighted by Crippen LogP contribution is 2.30. The molecule has 2 rings (SSSR count). The molecule has 24 heavy (non-hydrogen) atoms. The van der Waals surface area contributed by atoms with Gasteiger partial charge in [0.05, 0.1) is 6.61 Å². The maximum absolute atomic E-state index is 12.2. The van der Waals surface area contributed by atoms with Gasteiger partial charge in [0.15, 0.2) is 11.5 Å². The quantitative estimate of drug-likeness (QED) is 0.733. The summed E-state index contributed by atoms with van der Waals surface area (Å²) in [7, 11) is -4.23. The van der Waals surface area contributed by atoms with E-state index in [-0.39, 0.29) is 16.4 Å². The summed E-state index contributed by atoms with van der Waals surface area (Å²) < 4.78 is 74.7. The topological polar surface area (TPSA) is 61.8 Å². The second-order valence-corrected chi connectivity index (χ2v) is 5.98. The lowest BCUT2D eigenvalue weighted by molar-refractivity contribution is -0.274. The van der Waals surface area contributed by atoms with Crippen LogP contribution in [0.2, 0.25) is 0 Å². The number of rotatable bonds is 6. The lowest BCUT2D eigenvalue weighted by atomic mass is 10.3. The zero-order valence-electron chi connectivity index (χ0n) is 12.4. The predicted octanol–water partition coefficient (Wildman–Crippen LogP) is 3.75. The maximum atomic E-state index is 12.2. The van der Waals surface area contributed by atoms with Crippen LogP contribution in [0.5, 0.6) is 17.2 Å². The van der Waals surface area contributed by atoms with Crippen molar-refractivity contribution in [1.29, 1.82) is 0 Å². The van der Waals surface area contributed by atoms with Gasteiger partial charge in [-0.25, -0.2) is 0 Å².